The average molecular weight is 176 g/mol. The SMILES string of the molecule is C=Cc1ccc(C2OC2CO)cc1. The number of ether oxygens (including phenoxy) is 1. The van der Waals surface area contributed by atoms with E-state index in [1.54, 1.807) is 6.08 Å². The molecule has 1 aromatic carbocycles. The summed E-state index contributed by atoms with van der Waals surface area (Å²) in [5.41, 5.74) is 2.23. The maximum absolute atomic E-state index is 8.80. The molecule has 0 saturated carbocycles. The van der Waals surface area contributed by atoms with Crippen molar-refractivity contribution in [1.82, 2.24) is 0 Å². The van der Waals surface area contributed by atoms with Gasteiger partial charge >= 0.3 is 0 Å². The van der Waals surface area contributed by atoms with Crippen LogP contribution in [0.1, 0.15) is 17.2 Å². The van der Waals surface area contributed by atoms with E-state index in [0.717, 1.165) is 11.1 Å². The summed E-state index contributed by atoms with van der Waals surface area (Å²) in [7, 11) is 0. The van der Waals surface area contributed by atoms with Crippen LogP contribution in [-0.4, -0.2) is 17.8 Å². The van der Waals surface area contributed by atoms with Crippen molar-refractivity contribution in [3.8, 4) is 0 Å². The van der Waals surface area contributed by atoms with E-state index in [1.807, 2.05) is 24.3 Å². The van der Waals surface area contributed by atoms with E-state index in [9.17, 15) is 0 Å². The molecule has 68 valence electrons. The van der Waals surface area contributed by atoms with Crippen LogP contribution in [-0.2, 0) is 4.74 Å². The van der Waals surface area contributed by atoms with Crippen molar-refractivity contribution in [3.63, 3.8) is 0 Å². The first-order valence-corrected chi connectivity index (χ1v) is 4.34. The molecule has 2 unspecified atom stereocenters. The molecule has 1 N–H and O–H groups in total. The molecule has 2 nitrogen and oxygen atoms in total. The molecule has 2 atom stereocenters. The minimum Gasteiger partial charge on any atom is -0.394 e. The first-order chi connectivity index (χ1) is 6.35. The summed E-state index contributed by atoms with van der Waals surface area (Å²) in [4.78, 5) is 0. The predicted molar refractivity (Wildman–Crippen MR) is 51.2 cm³/mol. The fraction of sp³-hybridized carbons (Fsp3) is 0.273. The van der Waals surface area contributed by atoms with E-state index >= 15 is 0 Å². The van der Waals surface area contributed by atoms with Gasteiger partial charge in [0.2, 0.25) is 0 Å². The van der Waals surface area contributed by atoms with Crippen LogP contribution >= 0.6 is 0 Å². The maximum atomic E-state index is 8.80. The zero-order valence-corrected chi connectivity index (χ0v) is 7.31. The minimum atomic E-state index is 0.00887. The van der Waals surface area contributed by atoms with Crippen molar-refractivity contribution in [2.24, 2.45) is 0 Å². The third-order valence-corrected chi connectivity index (χ3v) is 2.26. The highest BCUT2D eigenvalue weighted by atomic mass is 16.6. The number of rotatable bonds is 3. The molecule has 1 aliphatic heterocycles. The number of aliphatic hydroxyl groups is 1. The molecule has 1 aliphatic rings. The Morgan fingerprint density at radius 3 is 2.54 bits per heavy atom. The van der Waals surface area contributed by atoms with E-state index in [-0.39, 0.29) is 18.8 Å². The molecule has 0 amide bonds. The Morgan fingerprint density at radius 2 is 2.08 bits per heavy atom. The van der Waals surface area contributed by atoms with Crippen LogP contribution in [0.25, 0.3) is 6.08 Å². The van der Waals surface area contributed by atoms with Gasteiger partial charge in [-0.25, -0.2) is 0 Å². The molecule has 0 spiro atoms. The van der Waals surface area contributed by atoms with Gasteiger partial charge in [0.15, 0.2) is 0 Å². The second-order valence-electron chi connectivity index (χ2n) is 3.15. The predicted octanol–water partition coefficient (Wildman–Crippen LogP) is 1.76. The fourth-order valence-corrected chi connectivity index (χ4v) is 1.40. The molecule has 1 aromatic rings. The van der Waals surface area contributed by atoms with Crippen molar-refractivity contribution in [2.45, 2.75) is 12.2 Å². The summed E-state index contributed by atoms with van der Waals surface area (Å²) in [6, 6.07) is 8.02. The topological polar surface area (TPSA) is 32.8 Å². The molecule has 2 rings (SSSR count). The van der Waals surface area contributed by atoms with Gasteiger partial charge in [-0.05, 0) is 11.1 Å². The molecule has 1 heterocycles. The van der Waals surface area contributed by atoms with Crippen molar-refractivity contribution in [3.05, 3.63) is 42.0 Å². The molecule has 1 saturated heterocycles. The molecule has 1 fully saturated rings. The van der Waals surface area contributed by atoms with Crippen molar-refractivity contribution < 1.29 is 9.84 Å². The van der Waals surface area contributed by atoms with Crippen LogP contribution in [0.2, 0.25) is 0 Å². The van der Waals surface area contributed by atoms with Crippen molar-refractivity contribution in [2.75, 3.05) is 6.61 Å². The standard InChI is InChI=1S/C11H12O2/c1-2-8-3-5-9(6-4-8)11-10(7-12)13-11/h2-6,10-12H,1,7H2. The van der Waals surface area contributed by atoms with Crippen LogP contribution in [0.15, 0.2) is 30.8 Å². The van der Waals surface area contributed by atoms with E-state index in [2.05, 4.69) is 6.58 Å². The average Bonchev–Trinajstić information content (AvgIpc) is 2.97. The molecule has 0 aromatic heterocycles. The lowest BCUT2D eigenvalue weighted by atomic mass is 10.1. The monoisotopic (exact) mass is 176 g/mol. The lowest BCUT2D eigenvalue weighted by Crippen LogP contribution is -1.94. The highest BCUT2D eigenvalue weighted by Gasteiger charge is 2.39. The molecule has 0 aliphatic carbocycles. The maximum Gasteiger partial charge on any atom is 0.112 e. The smallest absolute Gasteiger partial charge is 0.112 e. The van der Waals surface area contributed by atoms with Gasteiger partial charge < -0.3 is 9.84 Å². The highest BCUT2D eigenvalue weighted by molar-refractivity contribution is 5.47. The molecule has 13 heavy (non-hydrogen) atoms. The van der Waals surface area contributed by atoms with E-state index in [1.165, 1.54) is 0 Å². The van der Waals surface area contributed by atoms with Crippen LogP contribution in [0, 0.1) is 0 Å². The highest BCUT2D eigenvalue weighted by Crippen LogP contribution is 2.38. The lowest BCUT2D eigenvalue weighted by molar-refractivity contribution is 0.242. The molecular formula is C11H12O2. The zero-order chi connectivity index (χ0) is 9.26. The Kier molecular flexibility index (Phi) is 2.17. The number of hydrogen-bond acceptors (Lipinski definition) is 2. The number of aliphatic hydroxyl groups excluding tert-OH is 1. The third kappa shape index (κ3) is 1.64. The third-order valence-electron chi connectivity index (χ3n) is 2.26. The summed E-state index contributed by atoms with van der Waals surface area (Å²) in [5.74, 6) is 0. The fourth-order valence-electron chi connectivity index (χ4n) is 1.40. The van der Waals surface area contributed by atoms with Crippen LogP contribution in [0.4, 0.5) is 0 Å². The van der Waals surface area contributed by atoms with Crippen molar-refractivity contribution >= 4 is 6.08 Å². The van der Waals surface area contributed by atoms with Gasteiger partial charge in [-0.1, -0.05) is 36.9 Å². The quantitative estimate of drug-likeness (QED) is 0.712. The molecular weight excluding hydrogens is 164 g/mol. The number of hydrogen-bond donors (Lipinski definition) is 1. The van der Waals surface area contributed by atoms with E-state index in [4.69, 9.17) is 9.84 Å². The summed E-state index contributed by atoms with van der Waals surface area (Å²) in [6.45, 7) is 3.79. The normalized spacial score (nSPS) is 25.6. The lowest BCUT2D eigenvalue weighted by Gasteiger charge is -1.96. The van der Waals surface area contributed by atoms with Crippen LogP contribution in [0.5, 0.6) is 0 Å². The first-order valence-electron chi connectivity index (χ1n) is 4.34. The van der Waals surface area contributed by atoms with Crippen molar-refractivity contribution in [1.29, 1.82) is 0 Å². The van der Waals surface area contributed by atoms with Gasteiger partial charge in [-0.3, -0.25) is 0 Å². The number of benzene rings is 1. The summed E-state index contributed by atoms with van der Waals surface area (Å²) >= 11 is 0. The van der Waals surface area contributed by atoms with Gasteiger partial charge in [0.1, 0.15) is 12.2 Å². The zero-order valence-electron chi connectivity index (χ0n) is 7.31. The minimum absolute atomic E-state index is 0.00887. The van der Waals surface area contributed by atoms with E-state index in [0.29, 0.717) is 0 Å². The molecule has 0 radical (unpaired) electrons. The summed E-state index contributed by atoms with van der Waals surface area (Å²) < 4.78 is 5.25. The second kappa shape index (κ2) is 3.32. The van der Waals surface area contributed by atoms with Crippen LogP contribution in [0.3, 0.4) is 0 Å². The Labute approximate surface area is 77.5 Å². The van der Waals surface area contributed by atoms with Gasteiger partial charge in [0.05, 0.1) is 6.61 Å². The Hall–Kier alpha value is -1.12. The second-order valence-corrected chi connectivity index (χ2v) is 3.15. The van der Waals surface area contributed by atoms with Gasteiger partial charge in [-0.2, -0.15) is 0 Å². The Morgan fingerprint density at radius 1 is 1.38 bits per heavy atom. The van der Waals surface area contributed by atoms with Gasteiger partial charge in [-0.15, -0.1) is 0 Å². The first kappa shape index (κ1) is 8.48. The molecule has 0 bridgehead atoms. The summed E-state index contributed by atoms with van der Waals surface area (Å²) in [5, 5.41) is 8.80. The number of epoxide rings is 1. The van der Waals surface area contributed by atoms with Gasteiger partial charge in [0.25, 0.3) is 0 Å². The van der Waals surface area contributed by atoms with Gasteiger partial charge in [0, 0.05) is 0 Å². The Balaban J connectivity index is 2.11. The van der Waals surface area contributed by atoms with E-state index < -0.39 is 0 Å². The molecule has 2 heteroatoms. The Bertz CT molecular complexity index is 302. The van der Waals surface area contributed by atoms with Crippen LogP contribution < -0.4 is 0 Å². The largest absolute Gasteiger partial charge is 0.394 e. The summed E-state index contributed by atoms with van der Waals surface area (Å²) in [6.07, 6.45) is 1.92.